The minimum Gasteiger partial charge on any atom is -0.494 e. The van der Waals surface area contributed by atoms with Crippen molar-refractivity contribution in [3.8, 4) is 5.75 Å². The van der Waals surface area contributed by atoms with E-state index in [1.54, 1.807) is 12.1 Å². The molecule has 0 aromatic heterocycles. The van der Waals surface area contributed by atoms with Crippen molar-refractivity contribution < 1.29 is 9.13 Å². The van der Waals surface area contributed by atoms with E-state index in [1.807, 2.05) is 6.07 Å². The molecule has 1 aliphatic heterocycles. The number of hydrogen-bond acceptors (Lipinski definition) is 3. The SMILES string of the molecule is C=C(Cl)CN1CCN(Cc2ccc(OC)c(F)c2)CC1. The van der Waals surface area contributed by atoms with Crippen LogP contribution in [0.2, 0.25) is 0 Å². The average Bonchev–Trinajstić information content (AvgIpc) is 2.41. The zero-order chi connectivity index (χ0) is 14.5. The van der Waals surface area contributed by atoms with Crippen molar-refractivity contribution in [1.82, 2.24) is 9.80 Å². The van der Waals surface area contributed by atoms with Crippen LogP contribution in [0.5, 0.6) is 5.75 Å². The van der Waals surface area contributed by atoms with Gasteiger partial charge < -0.3 is 4.74 Å². The highest BCUT2D eigenvalue weighted by atomic mass is 35.5. The highest BCUT2D eigenvalue weighted by Crippen LogP contribution is 2.19. The minimum absolute atomic E-state index is 0.291. The summed E-state index contributed by atoms with van der Waals surface area (Å²) >= 11 is 5.82. The molecule has 3 nitrogen and oxygen atoms in total. The van der Waals surface area contributed by atoms with Crippen LogP contribution in [-0.4, -0.2) is 49.6 Å². The third-order valence-electron chi connectivity index (χ3n) is 3.48. The third-order valence-corrected chi connectivity index (χ3v) is 3.60. The monoisotopic (exact) mass is 298 g/mol. The van der Waals surface area contributed by atoms with E-state index in [1.165, 1.54) is 7.11 Å². The summed E-state index contributed by atoms with van der Waals surface area (Å²) in [5, 5.41) is 0.677. The summed E-state index contributed by atoms with van der Waals surface area (Å²) in [6.07, 6.45) is 0. The highest BCUT2D eigenvalue weighted by molar-refractivity contribution is 6.29. The van der Waals surface area contributed by atoms with Crippen LogP contribution < -0.4 is 4.74 Å². The third kappa shape index (κ3) is 4.20. The molecule has 0 radical (unpaired) electrons. The van der Waals surface area contributed by atoms with Crippen molar-refractivity contribution in [3.05, 3.63) is 41.2 Å². The number of benzene rings is 1. The summed E-state index contributed by atoms with van der Waals surface area (Å²) < 4.78 is 18.6. The van der Waals surface area contributed by atoms with E-state index in [0.717, 1.165) is 44.8 Å². The second-order valence-electron chi connectivity index (χ2n) is 5.04. The molecular formula is C15H20ClFN2O. The molecule has 1 saturated heterocycles. The van der Waals surface area contributed by atoms with Gasteiger partial charge in [0.25, 0.3) is 0 Å². The van der Waals surface area contributed by atoms with E-state index in [2.05, 4.69) is 16.4 Å². The normalized spacial score (nSPS) is 17.1. The van der Waals surface area contributed by atoms with Gasteiger partial charge in [0.05, 0.1) is 7.11 Å². The van der Waals surface area contributed by atoms with Crippen molar-refractivity contribution >= 4 is 11.6 Å². The second kappa shape index (κ2) is 7.07. The van der Waals surface area contributed by atoms with Gasteiger partial charge in [-0.05, 0) is 17.7 Å². The van der Waals surface area contributed by atoms with Crippen molar-refractivity contribution in [3.63, 3.8) is 0 Å². The summed E-state index contributed by atoms with van der Waals surface area (Å²) in [7, 11) is 1.47. The fraction of sp³-hybridized carbons (Fsp3) is 0.467. The first-order valence-corrected chi connectivity index (χ1v) is 7.06. The molecule has 1 aliphatic rings. The maximum absolute atomic E-state index is 13.6. The number of hydrogen-bond donors (Lipinski definition) is 0. The van der Waals surface area contributed by atoms with Crippen LogP contribution in [-0.2, 0) is 6.54 Å². The van der Waals surface area contributed by atoms with E-state index < -0.39 is 0 Å². The molecule has 0 spiro atoms. The Morgan fingerprint density at radius 3 is 2.50 bits per heavy atom. The van der Waals surface area contributed by atoms with Crippen molar-refractivity contribution in [1.29, 1.82) is 0 Å². The lowest BCUT2D eigenvalue weighted by molar-refractivity contribution is 0.136. The van der Waals surface area contributed by atoms with Gasteiger partial charge >= 0.3 is 0 Å². The van der Waals surface area contributed by atoms with Crippen LogP contribution in [0.1, 0.15) is 5.56 Å². The molecule has 1 fully saturated rings. The molecule has 0 saturated carbocycles. The maximum atomic E-state index is 13.6. The molecule has 0 bridgehead atoms. The van der Waals surface area contributed by atoms with Gasteiger partial charge in [-0.1, -0.05) is 24.2 Å². The summed E-state index contributed by atoms with van der Waals surface area (Å²) in [6, 6.07) is 5.14. The zero-order valence-corrected chi connectivity index (χ0v) is 12.5. The molecule has 20 heavy (non-hydrogen) atoms. The Labute approximate surface area is 124 Å². The van der Waals surface area contributed by atoms with E-state index in [0.29, 0.717) is 10.8 Å². The fourth-order valence-corrected chi connectivity index (χ4v) is 2.58. The summed E-state index contributed by atoms with van der Waals surface area (Å²) in [5.41, 5.74) is 0.971. The Kier molecular flexibility index (Phi) is 5.40. The van der Waals surface area contributed by atoms with Gasteiger partial charge in [0.1, 0.15) is 0 Å². The average molecular weight is 299 g/mol. The topological polar surface area (TPSA) is 15.7 Å². The summed E-state index contributed by atoms with van der Waals surface area (Å²) in [6.45, 7) is 9.06. The largest absolute Gasteiger partial charge is 0.494 e. The van der Waals surface area contributed by atoms with Crippen LogP contribution >= 0.6 is 11.6 Å². The first-order valence-electron chi connectivity index (χ1n) is 6.69. The molecule has 1 aromatic rings. The first kappa shape index (κ1) is 15.3. The van der Waals surface area contributed by atoms with Crippen LogP contribution in [0, 0.1) is 5.82 Å². The van der Waals surface area contributed by atoms with Gasteiger partial charge in [-0.2, -0.15) is 0 Å². The lowest BCUT2D eigenvalue weighted by Crippen LogP contribution is -2.46. The molecule has 0 unspecified atom stereocenters. The molecule has 110 valence electrons. The van der Waals surface area contributed by atoms with E-state index >= 15 is 0 Å². The van der Waals surface area contributed by atoms with Gasteiger partial charge in [-0.15, -0.1) is 0 Å². The standard InChI is InChI=1S/C15H20ClFN2O/c1-12(16)10-18-5-7-19(8-6-18)11-13-3-4-15(20-2)14(17)9-13/h3-4,9H,1,5-8,10-11H2,2H3. The van der Waals surface area contributed by atoms with Gasteiger partial charge in [0, 0.05) is 44.3 Å². The smallest absolute Gasteiger partial charge is 0.165 e. The summed E-state index contributed by atoms with van der Waals surface area (Å²) in [5.74, 6) is -0.0127. The molecular weight excluding hydrogens is 279 g/mol. The van der Waals surface area contributed by atoms with Crippen LogP contribution in [0.25, 0.3) is 0 Å². The van der Waals surface area contributed by atoms with E-state index in [-0.39, 0.29) is 5.82 Å². The quantitative estimate of drug-likeness (QED) is 0.831. The van der Waals surface area contributed by atoms with Crippen molar-refractivity contribution in [2.75, 3.05) is 39.8 Å². The maximum Gasteiger partial charge on any atom is 0.165 e. The molecule has 0 atom stereocenters. The lowest BCUT2D eigenvalue weighted by atomic mass is 10.2. The van der Waals surface area contributed by atoms with Gasteiger partial charge in [0.2, 0.25) is 0 Å². The minimum atomic E-state index is -0.304. The zero-order valence-electron chi connectivity index (χ0n) is 11.7. The van der Waals surface area contributed by atoms with Crippen LogP contribution in [0.3, 0.4) is 0 Å². The first-order chi connectivity index (χ1) is 9.58. The molecule has 0 amide bonds. The van der Waals surface area contributed by atoms with Gasteiger partial charge in [0.15, 0.2) is 11.6 Å². The fourth-order valence-electron chi connectivity index (χ4n) is 2.41. The Morgan fingerprint density at radius 1 is 1.30 bits per heavy atom. The second-order valence-corrected chi connectivity index (χ2v) is 5.57. The number of methoxy groups -OCH3 is 1. The van der Waals surface area contributed by atoms with Crippen molar-refractivity contribution in [2.24, 2.45) is 0 Å². The Bertz CT molecular complexity index is 473. The Balaban J connectivity index is 1.86. The summed E-state index contributed by atoms with van der Waals surface area (Å²) in [4.78, 5) is 4.59. The number of nitrogens with zero attached hydrogens (tertiary/aromatic N) is 2. The molecule has 1 aromatic carbocycles. The molecule has 5 heteroatoms. The Morgan fingerprint density at radius 2 is 1.95 bits per heavy atom. The number of halogens is 2. The predicted octanol–water partition coefficient (Wildman–Crippen LogP) is 2.70. The number of ether oxygens (including phenoxy) is 1. The predicted molar refractivity (Wildman–Crippen MR) is 79.7 cm³/mol. The molecule has 2 rings (SSSR count). The molecule has 0 aliphatic carbocycles. The Hall–Kier alpha value is -1.10. The van der Waals surface area contributed by atoms with Crippen LogP contribution in [0.4, 0.5) is 4.39 Å². The molecule has 1 heterocycles. The van der Waals surface area contributed by atoms with E-state index in [4.69, 9.17) is 16.3 Å². The van der Waals surface area contributed by atoms with Gasteiger partial charge in [-0.25, -0.2) is 4.39 Å². The highest BCUT2D eigenvalue weighted by Gasteiger charge is 2.17. The van der Waals surface area contributed by atoms with Crippen molar-refractivity contribution in [2.45, 2.75) is 6.54 Å². The lowest BCUT2D eigenvalue weighted by Gasteiger charge is -2.34. The number of piperazine rings is 1. The van der Waals surface area contributed by atoms with Crippen LogP contribution in [0.15, 0.2) is 29.8 Å². The van der Waals surface area contributed by atoms with E-state index in [9.17, 15) is 4.39 Å². The number of rotatable bonds is 5. The van der Waals surface area contributed by atoms with Gasteiger partial charge in [-0.3, -0.25) is 9.80 Å². The molecule has 0 N–H and O–H groups in total.